The second-order valence-electron chi connectivity index (χ2n) is 9.62. The number of hydrogen-bond donors (Lipinski definition) is 0. The zero-order valence-corrected chi connectivity index (χ0v) is 23.0. The molecule has 196 valence electrons. The van der Waals surface area contributed by atoms with Gasteiger partial charge in [0.1, 0.15) is 22.7 Å². The summed E-state index contributed by atoms with van der Waals surface area (Å²) in [6.45, 7) is 3.46. The Morgan fingerprint density at radius 2 is 1.44 bits per heavy atom. The second-order valence-corrected chi connectivity index (χ2v) is 10.5. The van der Waals surface area contributed by atoms with E-state index in [4.69, 9.17) is 18.9 Å². The molecule has 3 atom stereocenters. The molecular formula is C32H25BrO6. The lowest BCUT2D eigenvalue weighted by Crippen LogP contribution is -2.59. The Labute approximate surface area is 234 Å². The van der Waals surface area contributed by atoms with Gasteiger partial charge in [-0.15, -0.1) is 0 Å². The Bertz CT molecular complexity index is 1660. The van der Waals surface area contributed by atoms with Crippen LogP contribution in [0.25, 0.3) is 10.8 Å². The lowest BCUT2D eigenvalue weighted by Gasteiger charge is -2.56. The van der Waals surface area contributed by atoms with Crippen molar-refractivity contribution >= 4 is 38.6 Å². The minimum atomic E-state index is -1.07. The number of carbonyl (C=O) groups is 2. The fourth-order valence-corrected chi connectivity index (χ4v) is 6.68. The zero-order valence-electron chi connectivity index (χ0n) is 21.4. The average molecular weight is 585 g/mol. The summed E-state index contributed by atoms with van der Waals surface area (Å²) >= 11 is 3.61. The molecule has 0 radical (unpaired) electrons. The summed E-state index contributed by atoms with van der Waals surface area (Å²) in [5.74, 6) is -1.01. The number of esters is 2. The number of hydrogen-bond acceptors (Lipinski definition) is 6. The standard InChI is InChI=1S/C32H25BrO6/c1-4-29(34)38-27-15-16-28(21-10-6-5-9-20(21)27)39-30(35)26-18-31(36-2)22-11-7-8-12-23(22)32(26,37-3)24-14-13-19(33)17-25(24)31/h4-17,26H,1,18H2,2-3H3. The van der Waals surface area contributed by atoms with Gasteiger partial charge in [0.25, 0.3) is 0 Å². The second kappa shape index (κ2) is 9.45. The molecule has 0 fully saturated rings. The topological polar surface area (TPSA) is 71.1 Å². The van der Waals surface area contributed by atoms with Gasteiger partial charge in [0.15, 0.2) is 0 Å². The van der Waals surface area contributed by atoms with Crippen molar-refractivity contribution in [2.75, 3.05) is 14.2 Å². The van der Waals surface area contributed by atoms with Crippen molar-refractivity contribution in [2.24, 2.45) is 5.92 Å². The van der Waals surface area contributed by atoms with Crippen molar-refractivity contribution in [1.82, 2.24) is 0 Å². The number of ether oxygens (including phenoxy) is 4. The third-order valence-electron chi connectivity index (χ3n) is 7.95. The molecule has 39 heavy (non-hydrogen) atoms. The maximum Gasteiger partial charge on any atom is 0.335 e. The molecule has 7 heteroatoms. The van der Waals surface area contributed by atoms with Gasteiger partial charge in [-0.05, 0) is 46.5 Å². The third kappa shape index (κ3) is 3.61. The van der Waals surface area contributed by atoms with Crippen LogP contribution in [-0.2, 0) is 30.3 Å². The highest BCUT2D eigenvalue weighted by Crippen LogP contribution is 2.62. The Kier molecular flexibility index (Phi) is 6.18. The Morgan fingerprint density at radius 3 is 2.08 bits per heavy atom. The predicted octanol–water partition coefficient (Wildman–Crippen LogP) is 6.41. The molecule has 3 aliphatic carbocycles. The normalized spacial score (nSPS) is 22.6. The third-order valence-corrected chi connectivity index (χ3v) is 8.44. The number of halogens is 1. The molecule has 6 nitrogen and oxygen atoms in total. The minimum absolute atomic E-state index is 0.337. The summed E-state index contributed by atoms with van der Waals surface area (Å²) in [7, 11) is 3.30. The summed E-state index contributed by atoms with van der Waals surface area (Å²) < 4.78 is 25.1. The van der Waals surface area contributed by atoms with E-state index < -0.39 is 29.1 Å². The van der Waals surface area contributed by atoms with Crippen LogP contribution in [0.5, 0.6) is 11.5 Å². The molecule has 4 aromatic carbocycles. The van der Waals surface area contributed by atoms with Crippen LogP contribution >= 0.6 is 15.9 Å². The first-order valence-corrected chi connectivity index (χ1v) is 13.3. The summed E-state index contributed by atoms with van der Waals surface area (Å²) in [4.78, 5) is 26.0. The smallest absolute Gasteiger partial charge is 0.335 e. The quantitative estimate of drug-likeness (QED) is 0.148. The van der Waals surface area contributed by atoms with Gasteiger partial charge in [-0.1, -0.05) is 77.1 Å². The molecule has 2 bridgehead atoms. The number of fused-ring (bicyclic) bond motifs is 2. The first-order valence-electron chi connectivity index (χ1n) is 12.5. The van der Waals surface area contributed by atoms with Gasteiger partial charge >= 0.3 is 11.9 Å². The number of benzene rings is 4. The van der Waals surface area contributed by atoms with Crippen LogP contribution in [0.1, 0.15) is 28.7 Å². The Hall–Kier alpha value is -3.78. The van der Waals surface area contributed by atoms with Crippen LogP contribution in [0.3, 0.4) is 0 Å². The van der Waals surface area contributed by atoms with E-state index >= 15 is 0 Å². The summed E-state index contributed by atoms with van der Waals surface area (Å²) in [6, 6.07) is 24.5. The molecule has 0 heterocycles. The van der Waals surface area contributed by atoms with Gasteiger partial charge in [-0.2, -0.15) is 0 Å². The lowest BCUT2D eigenvalue weighted by atomic mass is 9.54. The number of methoxy groups -OCH3 is 2. The van der Waals surface area contributed by atoms with Crippen LogP contribution in [0.2, 0.25) is 0 Å². The molecule has 0 aromatic heterocycles. The lowest BCUT2D eigenvalue weighted by molar-refractivity contribution is -0.164. The summed E-state index contributed by atoms with van der Waals surface area (Å²) in [5.41, 5.74) is 1.77. The van der Waals surface area contributed by atoms with Crippen molar-refractivity contribution in [3.8, 4) is 11.5 Å². The minimum Gasteiger partial charge on any atom is -0.426 e. The monoisotopic (exact) mass is 584 g/mol. The highest BCUT2D eigenvalue weighted by atomic mass is 79.9. The molecule has 0 N–H and O–H groups in total. The van der Waals surface area contributed by atoms with E-state index in [-0.39, 0.29) is 0 Å². The van der Waals surface area contributed by atoms with E-state index in [1.165, 1.54) is 0 Å². The van der Waals surface area contributed by atoms with E-state index in [2.05, 4.69) is 22.5 Å². The molecule has 3 aliphatic rings. The van der Waals surface area contributed by atoms with Crippen LogP contribution in [0.15, 0.2) is 96.0 Å². The Balaban J connectivity index is 1.48. The molecule has 0 aliphatic heterocycles. The van der Waals surface area contributed by atoms with Gasteiger partial charge in [-0.3, -0.25) is 4.79 Å². The van der Waals surface area contributed by atoms with Crippen molar-refractivity contribution < 1.29 is 28.5 Å². The molecule has 4 aromatic rings. The van der Waals surface area contributed by atoms with E-state index in [9.17, 15) is 9.59 Å². The van der Waals surface area contributed by atoms with Crippen LogP contribution < -0.4 is 9.47 Å². The fourth-order valence-electron chi connectivity index (χ4n) is 6.32. The molecule has 3 unspecified atom stereocenters. The van der Waals surface area contributed by atoms with Gasteiger partial charge in [0, 0.05) is 42.0 Å². The van der Waals surface area contributed by atoms with E-state index in [1.807, 2.05) is 66.7 Å². The van der Waals surface area contributed by atoms with Crippen LogP contribution in [-0.4, -0.2) is 26.2 Å². The molecule has 0 saturated carbocycles. The summed E-state index contributed by atoms with van der Waals surface area (Å²) in [5, 5.41) is 1.28. The largest absolute Gasteiger partial charge is 0.426 e. The maximum atomic E-state index is 14.2. The maximum absolute atomic E-state index is 14.2. The molecule has 0 amide bonds. The van der Waals surface area contributed by atoms with Gasteiger partial charge in [0.05, 0.1) is 5.92 Å². The molecule has 0 saturated heterocycles. The van der Waals surface area contributed by atoms with Crippen molar-refractivity contribution in [2.45, 2.75) is 17.6 Å². The first kappa shape index (κ1) is 25.5. The van der Waals surface area contributed by atoms with Gasteiger partial charge < -0.3 is 18.9 Å². The van der Waals surface area contributed by atoms with Gasteiger partial charge in [0.2, 0.25) is 0 Å². The average Bonchev–Trinajstić information content (AvgIpc) is 2.98. The molecule has 7 rings (SSSR count). The predicted molar refractivity (Wildman–Crippen MR) is 150 cm³/mol. The van der Waals surface area contributed by atoms with E-state index in [0.717, 1.165) is 32.8 Å². The molecule has 0 spiro atoms. The van der Waals surface area contributed by atoms with Crippen LogP contribution in [0.4, 0.5) is 0 Å². The Morgan fingerprint density at radius 1 is 0.821 bits per heavy atom. The first-order chi connectivity index (χ1) is 18.9. The SMILES string of the molecule is C=CC(=O)Oc1ccc(OC(=O)C2CC3(OC)c4ccccc4C2(OC)c2ccc(Br)cc23)c2ccccc12. The highest BCUT2D eigenvalue weighted by molar-refractivity contribution is 9.10. The highest BCUT2D eigenvalue weighted by Gasteiger charge is 2.64. The van der Waals surface area contributed by atoms with Crippen molar-refractivity contribution in [3.05, 3.63) is 118 Å². The van der Waals surface area contributed by atoms with Crippen LogP contribution in [0, 0.1) is 5.92 Å². The molecular weight excluding hydrogens is 560 g/mol. The zero-order chi connectivity index (χ0) is 27.4. The number of rotatable bonds is 6. The van der Waals surface area contributed by atoms with Crippen molar-refractivity contribution in [3.63, 3.8) is 0 Å². The van der Waals surface area contributed by atoms with Gasteiger partial charge in [-0.25, -0.2) is 4.79 Å². The van der Waals surface area contributed by atoms with Crippen molar-refractivity contribution in [1.29, 1.82) is 0 Å². The number of carbonyl (C=O) groups excluding carboxylic acids is 2. The van der Waals surface area contributed by atoms with E-state index in [1.54, 1.807) is 26.4 Å². The fraction of sp³-hybridized carbons (Fsp3) is 0.188. The van der Waals surface area contributed by atoms with E-state index in [0.29, 0.717) is 28.7 Å². The summed E-state index contributed by atoms with van der Waals surface area (Å²) in [6.07, 6.45) is 1.44.